The second kappa shape index (κ2) is 6.28. The van der Waals surface area contributed by atoms with E-state index in [4.69, 9.17) is 11.6 Å². The largest absolute Gasteiger partial charge is 0.343 e. The van der Waals surface area contributed by atoms with Crippen LogP contribution >= 0.6 is 11.6 Å². The number of nitrogens with zero attached hydrogens (tertiary/aromatic N) is 1. The van der Waals surface area contributed by atoms with E-state index in [2.05, 4.69) is 6.92 Å². The zero-order valence-corrected chi connectivity index (χ0v) is 9.72. The average molecular weight is 218 g/mol. The Hall–Kier alpha value is -0.240. The third-order valence-corrected chi connectivity index (χ3v) is 3.13. The van der Waals surface area contributed by atoms with Gasteiger partial charge in [0.2, 0.25) is 5.91 Å². The van der Waals surface area contributed by atoms with E-state index >= 15 is 0 Å². The minimum Gasteiger partial charge on any atom is -0.343 e. The first-order valence-corrected chi connectivity index (χ1v) is 6.11. The zero-order chi connectivity index (χ0) is 10.4. The van der Waals surface area contributed by atoms with Gasteiger partial charge in [-0.05, 0) is 31.6 Å². The van der Waals surface area contributed by atoms with E-state index in [0.717, 1.165) is 44.7 Å². The number of carbonyl (C=O) groups excluding carboxylic acids is 1. The van der Waals surface area contributed by atoms with Gasteiger partial charge in [-0.3, -0.25) is 4.79 Å². The predicted molar refractivity (Wildman–Crippen MR) is 59.5 cm³/mol. The van der Waals surface area contributed by atoms with Crippen molar-refractivity contribution in [2.75, 3.05) is 19.0 Å². The number of likely N-dealkylation sites (tertiary alicyclic amines) is 1. The summed E-state index contributed by atoms with van der Waals surface area (Å²) in [5.74, 6) is 1.71. The Bertz CT molecular complexity index is 184. The number of halogens is 1. The van der Waals surface area contributed by atoms with Gasteiger partial charge in [0.1, 0.15) is 0 Å². The molecule has 0 saturated carbocycles. The lowest BCUT2D eigenvalue weighted by atomic mass is 10.0. The second-order valence-electron chi connectivity index (χ2n) is 4.21. The fourth-order valence-corrected chi connectivity index (χ4v) is 2.18. The highest BCUT2D eigenvalue weighted by Crippen LogP contribution is 2.14. The summed E-state index contributed by atoms with van der Waals surface area (Å²) in [5, 5.41) is 0. The van der Waals surface area contributed by atoms with E-state index < -0.39 is 0 Å². The molecule has 82 valence electrons. The van der Waals surface area contributed by atoms with E-state index in [0.29, 0.717) is 11.8 Å². The first-order valence-electron chi connectivity index (χ1n) is 5.57. The molecular formula is C11H20ClNO. The third-order valence-electron chi connectivity index (χ3n) is 2.92. The maximum atomic E-state index is 11.5. The van der Waals surface area contributed by atoms with Crippen molar-refractivity contribution in [3.05, 3.63) is 0 Å². The molecule has 0 aromatic rings. The lowest BCUT2D eigenvalue weighted by Gasteiger charge is -2.27. The van der Waals surface area contributed by atoms with Crippen molar-refractivity contribution in [2.45, 2.75) is 39.0 Å². The van der Waals surface area contributed by atoms with E-state index in [1.54, 1.807) is 0 Å². The van der Waals surface area contributed by atoms with Gasteiger partial charge < -0.3 is 4.90 Å². The molecule has 3 heteroatoms. The van der Waals surface area contributed by atoms with Gasteiger partial charge in [0, 0.05) is 25.4 Å². The van der Waals surface area contributed by atoms with E-state index in [-0.39, 0.29) is 0 Å². The highest BCUT2D eigenvalue weighted by molar-refractivity contribution is 6.17. The summed E-state index contributed by atoms with van der Waals surface area (Å²) in [7, 11) is 0. The minimum absolute atomic E-state index is 0.342. The molecule has 0 N–H and O–H groups in total. The Morgan fingerprint density at radius 3 is 2.86 bits per heavy atom. The predicted octanol–water partition coefficient (Wildman–Crippen LogP) is 2.65. The van der Waals surface area contributed by atoms with Gasteiger partial charge in [-0.2, -0.15) is 0 Å². The van der Waals surface area contributed by atoms with Gasteiger partial charge in [-0.15, -0.1) is 11.6 Å². The molecule has 0 aliphatic carbocycles. The summed E-state index contributed by atoms with van der Waals surface area (Å²) in [6.07, 6.45) is 5.16. The van der Waals surface area contributed by atoms with Crippen LogP contribution in [0.3, 0.4) is 0 Å². The highest BCUT2D eigenvalue weighted by atomic mass is 35.5. The van der Waals surface area contributed by atoms with Crippen molar-refractivity contribution >= 4 is 17.5 Å². The normalized spacial score (nSPS) is 19.9. The van der Waals surface area contributed by atoms with Gasteiger partial charge in [-0.25, -0.2) is 0 Å². The van der Waals surface area contributed by atoms with Crippen LogP contribution in [0.1, 0.15) is 39.0 Å². The molecule has 1 fully saturated rings. The quantitative estimate of drug-likeness (QED) is 0.649. The van der Waals surface area contributed by atoms with Crippen LogP contribution in [0, 0.1) is 5.92 Å². The first-order chi connectivity index (χ1) is 6.74. The molecule has 14 heavy (non-hydrogen) atoms. The lowest BCUT2D eigenvalue weighted by Crippen LogP contribution is -2.36. The van der Waals surface area contributed by atoms with Crippen molar-refractivity contribution < 1.29 is 4.79 Å². The zero-order valence-electron chi connectivity index (χ0n) is 8.97. The van der Waals surface area contributed by atoms with Crippen LogP contribution in [0.2, 0.25) is 0 Å². The van der Waals surface area contributed by atoms with Gasteiger partial charge >= 0.3 is 0 Å². The van der Waals surface area contributed by atoms with Crippen molar-refractivity contribution in [1.82, 2.24) is 4.90 Å². The fraction of sp³-hybridized carbons (Fsp3) is 0.909. The van der Waals surface area contributed by atoms with Crippen molar-refractivity contribution in [3.8, 4) is 0 Å². The van der Waals surface area contributed by atoms with Gasteiger partial charge in [0.05, 0.1) is 0 Å². The summed E-state index contributed by atoms with van der Waals surface area (Å²) in [6.45, 7) is 4.10. The summed E-state index contributed by atoms with van der Waals surface area (Å²) < 4.78 is 0. The van der Waals surface area contributed by atoms with Crippen molar-refractivity contribution in [2.24, 2.45) is 5.92 Å². The average Bonchev–Trinajstić information content (AvgIpc) is 2.17. The number of alkyl halides is 1. The Morgan fingerprint density at radius 2 is 2.21 bits per heavy atom. The molecule has 0 radical (unpaired) electrons. The number of piperidine rings is 1. The van der Waals surface area contributed by atoms with E-state index in [1.807, 2.05) is 4.90 Å². The van der Waals surface area contributed by atoms with Gasteiger partial charge in [-0.1, -0.05) is 6.92 Å². The van der Waals surface area contributed by atoms with E-state index in [9.17, 15) is 4.79 Å². The molecule has 2 nitrogen and oxygen atoms in total. The smallest absolute Gasteiger partial charge is 0.222 e. The molecule has 1 atom stereocenters. The molecule has 1 unspecified atom stereocenters. The highest BCUT2D eigenvalue weighted by Gasteiger charge is 2.17. The van der Waals surface area contributed by atoms with Gasteiger partial charge in [0.25, 0.3) is 0 Å². The molecule has 1 aliphatic rings. The maximum absolute atomic E-state index is 11.5. The maximum Gasteiger partial charge on any atom is 0.222 e. The van der Waals surface area contributed by atoms with Crippen LogP contribution < -0.4 is 0 Å². The van der Waals surface area contributed by atoms with Crippen LogP contribution in [-0.2, 0) is 4.79 Å². The molecule has 0 spiro atoms. The van der Waals surface area contributed by atoms with Crippen molar-refractivity contribution in [1.29, 1.82) is 0 Å². The first kappa shape index (κ1) is 11.8. The molecule has 0 aromatic heterocycles. The molecule has 1 aliphatic heterocycles. The SMILES string of the molecule is CC(CCCl)CCN1CCCCC1=O. The molecule has 1 heterocycles. The standard InChI is InChI=1S/C11H20ClNO/c1-10(5-7-12)6-9-13-8-3-2-4-11(13)14/h10H,2-9H2,1H3. The topological polar surface area (TPSA) is 20.3 Å². The fourth-order valence-electron chi connectivity index (χ4n) is 1.81. The lowest BCUT2D eigenvalue weighted by molar-refractivity contribution is -0.133. The Balaban J connectivity index is 2.19. The molecule has 1 saturated heterocycles. The monoisotopic (exact) mass is 217 g/mol. The minimum atomic E-state index is 0.342. The Labute approximate surface area is 91.6 Å². The van der Waals surface area contributed by atoms with Crippen LogP contribution in [0.25, 0.3) is 0 Å². The molecule has 0 bridgehead atoms. The number of amides is 1. The van der Waals surface area contributed by atoms with Crippen LogP contribution in [0.15, 0.2) is 0 Å². The van der Waals surface area contributed by atoms with E-state index in [1.165, 1.54) is 6.42 Å². The molecule has 0 aromatic carbocycles. The summed E-state index contributed by atoms with van der Waals surface area (Å²) in [6, 6.07) is 0. The molecule has 1 amide bonds. The van der Waals surface area contributed by atoms with Crippen LogP contribution in [-0.4, -0.2) is 29.8 Å². The molecule has 1 rings (SSSR count). The Kier molecular flexibility index (Phi) is 5.31. The van der Waals surface area contributed by atoms with Gasteiger partial charge in [0.15, 0.2) is 0 Å². The van der Waals surface area contributed by atoms with Crippen LogP contribution in [0.4, 0.5) is 0 Å². The number of hydrogen-bond acceptors (Lipinski definition) is 1. The number of rotatable bonds is 5. The summed E-state index contributed by atoms with van der Waals surface area (Å²) in [4.78, 5) is 13.5. The summed E-state index contributed by atoms with van der Waals surface area (Å²) >= 11 is 5.67. The summed E-state index contributed by atoms with van der Waals surface area (Å²) in [5.41, 5.74) is 0. The number of hydrogen-bond donors (Lipinski definition) is 0. The second-order valence-corrected chi connectivity index (χ2v) is 4.59. The van der Waals surface area contributed by atoms with Crippen LogP contribution in [0.5, 0.6) is 0 Å². The van der Waals surface area contributed by atoms with Crippen molar-refractivity contribution in [3.63, 3.8) is 0 Å². The Morgan fingerprint density at radius 1 is 1.43 bits per heavy atom. The molecular weight excluding hydrogens is 198 g/mol. The third kappa shape index (κ3) is 3.87. The number of carbonyl (C=O) groups is 1.